The molecule has 0 spiro atoms. The molecular weight excluding hydrogens is 290 g/mol. The van der Waals surface area contributed by atoms with Crippen molar-refractivity contribution < 1.29 is 4.74 Å². The molecule has 1 atom stereocenters. The molecule has 1 unspecified atom stereocenters. The van der Waals surface area contributed by atoms with Gasteiger partial charge in [0.2, 0.25) is 0 Å². The Morgan fingerprint density at radius 2 is 2.25 bits per heavy atom. The fraction of sp³-hybridized carbons (Fsp3) is 0.286. The summed E-state index contributed by atoms with van der Waals surface area (Å²) >= 11 is 7.12. The molecule has 3 aromatic rings. The third-order valence-electron chi connectivity index (χ3n) is 3.31. The summed E-state index contributed by atoms with van der Waals surface area (Å²) in [7, 11) is 1.67. The van der Waals surface area contributed by atoms with Crippen LogP contribution in [0.25, 0.3) is 11.0 Å². The molecule has 0 aliphatic rings. The van der Waals surface area contributed by atoms with Gasteiger partial charge in [-0.15, -0.1) is 11.3 Å². The summed E-state index contributed by atoms with van der Waals surface area (Å²) in [6.07, 6.45) is 0. The van der Waals surface area contributed by atoms with Crippen LogP contribution in [0, 0.1) is 11.7 Å². The van der Waals surface area contributed by atoms with Gasteiger partial charge in [-0.05, 0) is 38.2 Å². The summed E-state index contributed by atoms with van der Waals surface area (Å²) in [5.74, 6) is 0.822. The number of aromatic nitrogens is 3. The van der Waals surface area contributed by atoms with Crippen molar-refractivity contribution >= 4 is 34.6 Å². The predicted octanol–water partition coefficient (Wildman–Crippen LogP) is 4.08. The van der Waals surface area contributed by atoms with Gasteiger partial charge < -0.3 is 14.3 Å². The molecule has 0 saturated carbocycles. The second kappa shape index (κ2) is 5.03. The van der Waals surface area contributed by atoms with Crippen LogP contribution in [0.5, 0.6) is 5.75 Å². The van der Waals surface area contributed by atoms with Crippen LogP contribution in [0.1, 0.15) is 23.7 Å². The van der Waals surface area contributed by atoms with Gasteiger partial charge in [-0.2, -0.15) is 0 Å². The average molecular weight is 305 g/mol. The summed E-state index contributed by atoms with van der Waals surface area (Å²) in [5, 5.41) is 3.12. The SMILES string of the molecule is COc1ccc2[nH]c(=S)n(C(C)c3nc(C)cs3)c2c1. The number of rotatable bonds is 3. The molecule has 4 nitrogen and oxygen atoms in total. The normalized spacial score (nSPS) is 12.8. The third kappa shape index (κ3) is 2.14. The lowest BCUT2D eigenvalue weighted by atomic mass is 10.2. The topological polar surface area (TPSA) is 42.8 Å². The quantitative estimate of drug-likeness (QED) is 0.741. The highest BCUT2D eigenvalue weighted by molar-refractivity contribution is 7.71. The Balaban J connectivity index is 2.19. The second-order valence-corrected chi connectivity index (χ2v) is 5.96. The zero-order valence-electron chi connectivity index (χ0n) is 11.5. The lowest BCUT2D eigenvalue weighted by Crippen LogP contribution is -2.06. The van der Waals surface area contributed by atoms with Crippen LogP contribution in [-0.4, -0.2) is 21.6 Å². The van der Waals surface area contributed by atoms with E-state index in [0.29, 0.717) is 4.77 Å². The average Bonchev–Trinajstić information content (AvgIpc) is 3.00. The largest absolute Gasteiger partial charge is 0.497 e. The second-order valence-electron chi connectivity index (χ2n) is 4.69. The number of benzene rings is 1. The molecule has 0 amide bonds. The van der Waals surface area contributed by atoms with Gasteiger partial charge in [-0.25, -0.2) is 4.98 Å². The first-order chi connectivity index (χ1) is 9.60. The van der Waals surface area contributed by atoms with E-state index in [1.165, 1.54) is 0 Å². The van der Waals surface area contributed by atoms with Gasteiger partial charge in [0, 0.05) is 17.1 Å². The fourth-order valence-electron chi connectivity index (χ4n) is 2.29. The number of thiazole rings is 1. The molecular formula is C14H15N3OS2. The van der Waals surface area contributed by atoms with Gasteiger partial charge in [0.1, 0.15) is 10.8 Å². The van der Waals surface area contributed by atoms with Gasteiger partial charge in [-0.3, -0.25) is 0 Å². The molecule has 6 heteroatoms. The Labute approximate surface area is 126 Å². The third-order valence-corrected chi connectivity index (χ3v) is 4.74. The summed E-state index contributed by atoms with van der Waals surface area (Å²) in [6.45, 7) is 4.12. The van der Waals surface area contributed by atoms with Crippen molar-refractivity contribution in [3.63, 3.8) is 0 Å². The van der Waals surface area contributed by atoms with Crippen LogP contribution < -0.4 is 4.74 Å². The summed E-state index contributed by atoms with van der Waals surface area (Å²) in [6, 6.07) is 6.01. The van der Waals surface area contributed by atoms with Crippen LogP contribution in [0.4, 0.5) is 0 Å². The number of hydrogen-bond acceptors (Lipinski definition) is 4. The summed E-state index contributed by atoms with van der Waals surface area (Å²) in [5.41, 5.74) is 3.09. The minimum absolute atomic E-state index is 0.0991. The molecule has 1 aromatic carbocycles. The zero-order valence-corrected chi connectivity index (χ0v) is 13.1. The number of nitrogens with zero attached hydrogens (tertiary/aromatic N) is 2. The van der Waals surface area contributed by atoms with Gasteiger partial charge in [-0.1, -0.05) is 0 Å². The van der Waals surface area contributed by atoms with E-state index in [1.54, 1.807) is 18.4 Å². The number of H-pyrrole nitrogens is 1. The molecule has 3 rings (SSSR count). The number of aromatic amines is 1. The van der Waals surface area contributed by atoms with E-state index in [9.17, 15) is 0 Å². The molecule has 104 valence electrons. The highest BCUT2D eigenvalue weighted by Gasteiger charge is 2.16. The van der Waals surface area contributed by atoms with E-state index < -0.39 is 0 Å². The van der Waals surface area contributed by atoms with Crippen LogP contribution in [-0.2, 0) is 0 Å². The monoisotopic (exact) mass is 305 g/mol. The first-order valence-electron chi connectivity index (χ1n) is 6.30. The maximum Gasteiger partial charge on any atom is 0.178 e. The zero-order chi connectivity index (χ0) is 14.3. The van der Waals surface area contributed by atoms with Gasteiger partial charge in [0.25, 0.3) is 0 Å². The standard InChI is InChI=1S/C14H15N3OS2/c1-8-7-20-13(15-8)9(2)17-12-6-10(18-3)4-5-11(12)16-14(17)19/h4-7,9H,1-3H3,(H,16,19). The van der Waals surface area contributed by atoms with E-state index >= 15 is 0 Å². The number of hydrogen-bond donors (Lipinski definition) is 1. The van der Waals surface area contributed by atoms with Crippen molar-refractivity contribution in [2.24, 2.45) is 0 Å². The minimum atomic E-state index is 0.0991. The molecule has 0 bridgehead atoms. The van der Waals surface area contributed by atoms with Crippen LogP contribution >= 0.6 is 23.6 Å². The highest BCUT2D eigenvalue weighted by atomic mass is 32.1. The van der Waals surface area contributed by atoms with Crippen LogP contribution in [0.3, 0.4) is 0 Å². The fourth-order valence-corrected chi connectivity index (χ4v) is 3.50. The lowest BCUT2D eigenvalue weighted by molar-refractivity contribution is 0.415. The first-order valence-corrected chi connectivity index (χ1v) is 7.59. The van der Waals surface area contributed by atoms with E-state index in [-0.39, 0.29) is 6.04 Å². The Hall–Kier alpha value is -1.66. The van der Waals surface area contributed by atoms with E-state index in [2.05, 4.69) is 26.8 Å². The molecule has 0 aliphatic heterocycles. The van der Waals surface area contributed by atoms with Crippen molar-refractivity contribution in [2.75, 3.05) is 7.11 Å². The van der Waals surface area contributed by atoms with Gasteiger partial charge in [0.05, 0.1) is 24.2 Å². The molecule has 0 radical (unpaired) electrons. The number of aryl methyl sites for hydroxylation is 1. The van der Waals surface area contributed by atoms with Crippen LogP contribution in [0.15, 0.2) is 23.6 Å². The van der Waals surface area contributed by atoms with Crippen molar-refractivity contribution in [1.82, 2.24) is 14.5 Å². The summed E-state index contributed by atoms with van der Waals surface area (Å²) in [4.78, 5) is 7.80. The van der Waals surface area contributed by atoms with Gasteiger partial charge >= 0.3 is 0 Å². The van der Waals surface area contributed by atoms with Crippen LogP contribution in [0.2, 0.25) is 0 Å². The number of imidazole rings is 1. The van der Waals surface area contributed by atoms with Crippen molar-refractivity contribution in [1.29, 1.82) is 0 Å². The lowest BCUT2D eigenvalue weighted by Gasteiger charge is -2.12. The molecule has 0 aliphatic carbocycles. The molecule has 1 N–H and O–H groups in total. The van der Waals surface area contributed by atoms with E-state index in [0.717, 1.165) is 27.5 Å². The maximum atomic E-state index is 5.46. The van der Waals surface area contributed by atoms with E-state index in [4.69, 9.17) is 17.0 Å². The highest BCUT2D eigenvalue weighted by Crippen LogP contribution is 2.28. The molecule has 20 heavy (non-hydrogen) atoms. The first kappa shape index (κ1) is 13.3. The maximum absolute atomic E-state index is 5.46. The summed E-state index contributed by atoms with van der Waals surface area (Å²) < 4.78 is 8.09. The Kier molecular flexibility index (Phi) is 3.35. The molecule has 2 aromatic heterocycles. The minimum Gasteiger partial charge on any atom is -0.497 e. The molecule has 0 fully saturated rings. The number of ether oxygens (including phenoxy) is 1. The van der Waals surface area contributed by atoms with E-state index in [1.807, 2.05) is 25.1 Å². The number of nitrogens with one attached hydrogen (secondary N) is 1. The number of fused-ring (bicyclic) bond motifs is 1. The molecule has 0 saturated heterocycles. The molecule has 2 heterocycles. The van der Waals surface area contributed by atoms with Crippen molar-refractivity contribution in [3.8, 4) is 5.75 Å². The Bertz CT molecular complexity index is 815. The smallest absolute Gasteiger partial charge is 0.178 e. The Morgan fingerprint density at radius 1 is 1.45 bits per heavy atom. The Morgan fingerprint density at radius 3 is 2.90 bits per heavy atom. The predicted molar refractivity (Wildman–Crippen MR) is 84.3 cm³/mol. The van der Waals surface area contributed by atoms with Gasteiger partial charge in [0.15, 0.2) is 4.77 Å². The van der Waals surface area contributed by atoms with Crippen molar-refractivity contribution in [3.05, 3.63) is 39.1 Å². The number of methoxy groups -OCH3 is 1. The van der Waals surface area contributed by atoms with Crippen molar-refractivity contribution in [2.45, 2.75) is 19.9 Å².